The highest BCUT2D eigenvalue weighted by Crippen LogP contribution is 1.96. The molecule has 0 spiro atoms. The predicted molar refractivity (Wildman–Crippen MR) is 82.2 cm³/mol. The number of nitrogens with zero attached hydrogens (tertiary/aromatic N) is 2. The van der Waals surface area contributed by atoms with Crippen molar-refractivity contribution in [3.05, 3.63) is 67.6 Å². The number of carbonyl (C=O) groups is 2. The van der Waals surface area contributed by atoms with E-state index in [1.54, 1.807) is 24.5 Å². The van der Waals surface area contributed by atoms with Gasteiger partial charge in [-0.15, -0.1) is 13.2 Å². The number of rotatable bonds is 8. The van der Waals surface area contributed by atoms with E-state index in [1.165, 1.54) is 17.1 Å². The van der Waals surface area contributed by atoms with Gasteiger partial charge in [0.1, 0.15) is 0 Å². The van der Waals surface area contributed by atoms with Crippen molar-refractivity contribution in [1.29, 1.82) is 0 Å². The number of aromatic nitrogens is 1. The van der Waals surface area contributed by atoms with E-state index < -0.39 is 0 Å². The van der Waals surface area contributed by atoms with Gasteiger partial charge in [-0.3, -0.25) is 14.6 Å². The zero-order valence-electron chi connectivity index (χ0n) is 11.9. The Labute approximate surface area is 124 Å². The maximum atomic E-state index is 11.9. The number of nitrogens with one attached hydrogen (secondary N) is 1. The van der Waals surface area contributed by atoms with E-state index >= 15 is 0 Å². The monoisotopic (exact) mass is 285 g/mol. The number of hydrogen-bond donors (Lipinski definition) is 1. The maximum absolute atomic E-state index is 11.9. The molecule has 0 unspecified atom stereocenters. The number of amides is 2. The third kappa shape index (κ3) is 6.33. The van der Waals surface area contributed by atoms with E-state index in [1.807, 2.05) is 12.1 Å². The molecule has 0 saturated carbocycles. The molecule has 0 aliphatic heterocycles. The summed E-state index contributed by atoms with van der Waals surface area (Å²) in [5.74, 6) is -0.578. The van der Waals surface area contributed by atoms with Crippen LogP contribution in [-0.4, -0.2) is 34.8 Å². The van der Waals surface area contributed by atoms with Crippen molar-refractivity contribution < 1.29 is 9.59 Å². The highest BCUT2D eigenvalue weighted by Gasteiger charge is 2.07. The smallest absolute Gasteiger partial charge is 0.247 e. The van der Waals surface area contributed by atoms with Crippen LogP contribution in [0, 0.1) is 0 Å². The quantitative estimate of drug-likeness (QED) is 0.581. The van der Waals surface area contributed by atoms with Crippen LogP contribution in [0.5, 0.6) is 0 Å². The predicted octanol–water partition coefficient (Wildman–Crippen LogP) is 1.45. The summed E-state index contributed by atoms with van der Waals surface area (Å²) >= 11 is 0. The zero-order valence-corrected chi connectivity index (χ0v) is 11.9. The Balaban J connectivity index is 2.46. The maximum Gasteiger partial charge on any atom is 0.247 e. The van der Waals surface area contributed by atoms with Crippen molar-refractivity contribution in [2.75, 3.05) is 13.1 Å². The van der Waals surface area contributed by atoms with Crippen LogP contribution in [0.1, 0.15) is 5.56 Å². The molecular weight excluding hydrogens is 266 g/mol. The summed E-state index contributed by atoms with van der Waals surface area (Å²) in [7, 11) is 0. The molecule has 1 aromatic rings. The van der Waals surface area contributed by atoms with E-state index in [-0.39, 0.29) is 11.8 Å². The Morgan fingerprint density at radius 1 is 1.14 bits per heavy atom. The van der Waals surface area contributed by atoms with E-state index in [9.17, 15) is 9.59 Å². The van der Waals surface area contributed by atoms with Crippen LogP contribution >= 0.6 is 0 Å². The molecule has 1 aromatic heterocycles. The molecule has 2 amide bonds. The first kappa shape index (κ1) is 16.4. The topological polar surface area (TPSA) is 62.3 Å². The molecule has 110 valence electrons. The minimum Gasteiger partial charge on any atom is -0.348 e. The highest BCUT2D eigenvalue weighted by atomic mass is 16.2. The Bertz CT molecular complexity index is 514. The van der Waals surface area contributed by atoms with Crippen molar-refractivity contribution in [1.82, 2.24) is 15.2 Å². The van der Waals surface area contributed by atoms with Gasteiger partial charge in [0.05, 0.1) is 0 Å². The second-order valence-corrected chi connectivity index (χ2v) is 4.23. The highest BCUT2D eigenvalue weighted by molar-refractivity contribution is 5.96. The van der Waals surface area contributed by atoms with E-state index in [4.69, 9.17) is 0 Å². The van der Waals surface area contributed by atoms with Gasteiger partial charge in [0.15, 0.2) is 0 Å². The van der Waals surface area contributed by atoms with Crippen molar-refractivity contribution in [2.24, 2.45) is 0 Å². The molecule has 0 aromatic carbocycles. The molecule has 1 rings (SSSR count). The molecule has 5 heteroatoms. The molecule has 1 N–H and O–H groups in total. The number of hydrogen-bond acceptors (Lipinski definition) is 3. The van der Waals surface area contributed by atoms with Crippen molar-refractivity contribution in [3.8, 4) is 0 Å². The fraction of sp³-hybridized carbons (Fsp3) is 0.188. The van der Waals surface area contributed by atoms with Crippen LogP contribution in [0.2, 0.25) is 0 Å². The van der Waals surface area contributed by atoms with Gasteiger partial charge in [0, 0.05) is 44.2 Å². The largest absolute Gasteiger partial charge is 0.348 e. The average Bonchev–Trinajstić information content (AvgIpc) is 2.51. The van der Waals surface area contributed by atoms with E-state index in [0.717, 1.165) is 5.56 Å². The minimum absolute atomic E-state index is 0.256. The Kier molecular flexibility index (Phi) is 7.21. The van der Waals surface area contributed by atoms with Gasteiger partial charge < -0.3 is 10.2 Å². The van der Waals surface area contributed by atoms with Gasteiger partial charge in [-0.05, 0) is 17.7 Å². The standard InChI is InChI=1S/C16H19N3O2/c1-3-11-19(12-4-2)16(21)6-5-15(20)18-13-14-7-9-17-10-8-14/h3-10H,1-2,11-13H2,(H,18,20)/b6-5-. The van der Waals surface area contributed by atoms with Crippen LogP contribution in [-0.2, 0) is 16.1 Å². The molecule has 0 bridgehead atoms. The third-order valence-corrected chi connectivity index (χ3v) is 2.60. The Hall–Kier alpha value is -2.69. The van der Waals surface area contributed by atoms with Crippen LogP contribution in [0.4, 0.5) is 0 Å². The summed E-state index contributed by atoms with van der Waals surface area (Å²) in [4.78, 5) is 28.9. The van der Waals surface area contributed by atoms with E-state index in [0.29, 0.717) is 19.6 Å². The van der Waals surface area contributed by atoms with Crippen molar-refractivity contribution >= 4 is 11.8 Å². The summed E-state index contributed by atoms with van der Waals surface area (Å²) in [6, 6.07) is 3.62. The normalized spacial score (nSPS) is 10.1. The lowest BCUT2D eigenvalue weighted by molar-refractivity contribution is -0.125. The summed E-state index contributed by atoms with van der Waals surface area (Å²) in [5, 5.41) is 2.69. The van der Waals surface area contributed by atoms with Crippen LogP contribution in [0.15, 0.2) is 62.0 Å². The van der Waals surface area contributed by atoms with Gasteiger partial charge in [-0.2, -0.15) is 0 Å². The Morgan fingerprint density at radius 2 is 1.76 bits per heavy atom. The summed E-state index contributed by atoms with van der Waals surface area (Å²) < 4.78 is 0. The number of carbonyl (C=O) groups excluding carboxylic acids is 2. The van der Waals surface area contributed by atoms with Gasteiger partial charge >= 0.3 is 0 Å². The second kappa shape index (κ2) is 9.25. The molecule has 0 fully saturated rings. The first-order valence-corrected chi connectivity index (χ1v) is 6.53. The molecule has 0 radical (unpaired) electrons. The lowest BCUT2D eigenvalue weighted by atomic mass is 10.2. The fourth-order valence-corrected chi connectivity index (χ4v) is 1.57. The van der Waals surface area contributed by atoms with Gasteiger partial charge in [0.2, 0.25) is 11.8 Å². The Morgan fingerprint density at radius 3 is 2.33 bits per heavy atom. The summed E-state index contributed by atoms with van der Waals surface area (Å²) in [6.07, 6.45) is 9.03. The van der Waals surface area contributed by atoms with E-state index in [2.05, 4.69) is 23.5 Å². The van der Waals surface area contributed by atoms with Crippen molar-refractivity contribution in [3.63, 3.8) is 0 Å². The lowest BCUT2D eigenvalue weighted by Crippen LogP contribution is -2.30. The molecule has 5 nitrogen and oxygen atoms in total. The lowest BCUT2D eigenvalue weighted by Gasteiger charge is -2.16. The number of pyridine rings is 1. The first-order chi connectivity index (χ1) is 10.2. The fourth-order valence-electron chi connectivity index (χ4n) is 1.57. The first-order valence-electron chi connectivity index (χ1n) is 6.53. The van der Waals surface area contributed by atoms with Gasteiger partial charge in [-0.1, -0.05) is 12.2 Å². The molecule has 0 aliphatic carbocycles. The molecular formula is C16H19N3O2. The van der Waals surface area contributed by atoms with Crippen LogP contribution in [0.3, 0.4) is 0 Å². The van der Waals surface area contributed by atoms with Crippen LogP contribution in [0.25, 0.3) is 0 Å². The molecule has 21 heavy (non-hydrogen) atoms. The van der Waals surface area contributed by atoms with Crippen LogP contribution < -0.4 is 5.32 Å². The molecule has 0 aliphatic rings. The zero-order chi connectivity index (χ0) is 15.5. The van der Waals surface area contributed by atoms with Crippen molar-refractivity contribution in [2.45, 2.75) is 6.54 Å². The van der Waals surface area contributed by atoms with Gasteiger partial charge in [-0.25, -0.2) is 0 Å². The summed E-state index contributed by atoms with van der Waals surface area (Å²) in [6.45, 7) is 8.39. The SMILES string of the molecule is C=CCN(CC=C)C(=O)/C=C\C(=O)NCc1ccncc1. The minimum atomic E-state index is -0.322. The molecule has 0 saturated heterocycles. The third-order valence-electron chi connectivity index (χ3n) is 2.60. The molecule has 1 heterocycles. The second-order valence-electron chi connectivity index (χ2n) is 4.23. The summed E-state index contributed by atoms with van der Waals surface area (Å²) in [5.41, 5.74) is 0.943. The van der Waals surface area contributed by atoms with Gasteiger partial charge in [0.25, 0.3) is 0 Å². The molecule has 0 atom stereocenters. The average molecular weight is 285 g/mol.